The molecule has 1 aromatic heterocycles. The van der Waals surface area contributed by atoms with Crippen molar-refractivity contribution in [3.8, 4) is 0 Å². The summed E-state index contributed by atoms with van der Waals surface area (Å²) in [7, 11) is 0. The molecule has 0 saturated heterocycles. The summed E-state index contributed by atoms with van der Waals surface area (Å²) in [6.07, 6.45) is 5.23. The van der Waals surface area contributed by atoms with Gasteiger partial charge >= 0.3 is 5.97 Å². The second-order valence-corrected chi connectivity index (χ2v) is 8.95. The summed E-state index contributed by atoms with van der Waals surface area (Å²) in [4.78, 5) is 16.2. The fourth-order valence-electron chi connectivity index (χ4n) is 3.91. The number of alkyl halides is 1. The zero-order chi connectivity index (χ0) is 23.4. The molecule has 3 nitrogen and oxygen atoms in total. The summed E-state index contributed by atoms with van der Waals surface area (Å²) < 4.78 is 0. The van der Waals surface area contributed by atoms with Crippen molar-refractivity contribution in [1.29, 1.82) is 0 Å². The van der Waals surface area contributed by atoms with E-state index in [1.165, 1.54) is 0 Å². The number of halogens is 2. The van der Waals surface area contributed by atoms with E-state index in [-0.39, 0.29) is 5.38 Å². The molecule has 4 rings (SSSR count). The number of aromatic nitrogens is 1. The highest BCUT2D eigenvalue weighted by Crippen LogP contribution is 2.29. The van der Waals surface area contributed by atoms with Crippen LogP contribution in [0.1, 0.15) is 50.1 Å². The molecular formula is C28H23Cl2NO2. The largest absolute Gasteiger partial charge is 0.478 e. The van der Waals surface area contributed by atoms with E-state index in [0.29, 0.717) is 23.4 Å². The molecule has 5 heteroatoms. The van der Waals surface area contributed by atoms with Crippen molar-refractivity contribution in [2.24, 2.45) is 0 Å². The van der Waals surface area contributed by atoms with Gasteiger partial charge in [-0.3, -0.25) is 0 Å². The maximum absolute atomic E-state index is 11.6. The Labute approximate surface area is 203 Å². The molecule has 1 N–H and O–H groups in total. The highest BCUT2D eigenvalue weighted by Gasteiger charge is 2.15. The lowest BCUT2D eigenvalue weighted by atomic mass is 9.95. The number of benzene rings is 3. The molecule has 0 fully saturated rings. The zero-order valence-electron chi connectivity index (χ0n) is 18.1. The van der Waals surface area contributed by atoms with Crippen molar-refractivity contribution in [2.75, 3.05) is 0 Å². The first-order valence-electron chi connectivity index (χ1n) is 10.7. The van der Waals surface area contributed by atoms with Crippen molar-refractivity contribution in [1.82, 2.24) is 4.98 Å². The number of hydrogen-bond donors (Lipinski definition) is 1. The molecule has 0 aliphatic carbocycles. The zero-order valence-corrected chi connectivity index (χ0v) is 19.6. The van der Waals surface area contributed by atoms with E-state index < -0.39 is 5.97 Å². The van der Waals surface area contributed by atoms with E-state index >= 15 is 0 Å². The van der Waals surface area contributed by atoms with Crippen LogP contribution < -0.4 is 0 Å². The third kappa shape index (κ3) is 5.62. The number of hydrogen-bond acceptors (Lipinski definition) is 2. The highest BCUT2D eigenvalue weighted by atomic mass is 35.5. The molecule has 0 aliphatic heterocycles. The number of carbonyl (C=O) groups is 1. The molecule has 0 radical (unpaired) electrons. The van der Waals surface area contributed by atoms with Crippen molar-refractivity contribution in [2.45, 2.75) is 25.1 Å². The van der Waals surface area contributed by atoms with Crippen LogP contribution in [0, 0.1) is 6.92 Å². The number of aryl methyl sites for hydroxylation is 1. The van der Waals surface area contributed by atoms with Crippen LogP contribution in [0.15, 0.2) is 72.8 Å². The van der Waals surface area contributed by atoms with Gasteiger partial charge in [-0.2, -0.15) is 0 Å². The van der Waals surface area contributed by atoms with Crippen molar-refractivity contribution >= 4 is 52.2 Å². The van der Waals surface area contributed by atoms with Gasteiger partial charge in [-0.15, -0.1) is 11.6 Å². The van der Waals surface area contributed by atoms with Gasteiger partial charge < -0.3 is 5.11 Å². The number of carboxylic acids is 1. The maximum Gasteiger partial charge on any atom is 0.335 e. The van der Waals surface area contributed by atoms with Crippen LogP contribution in [0.2, 0.25) is 5.02 Å². The quantitative estimate of drug-likeness (QED) is 0.275. The van der Waals surface area contributed by atoms with Gasteiger partial charge in [0.15, 0.2) is 0 Å². The molecule has 0 spiro atoms. The normalized spacial score (nSPS) is 12.3. The van der Waals surface area contributed by atoms with E-state index in [4.69, 9.17) is 23.2 Å². The van der Waals surface area contributed by atoms with Gasteiger partial charge in [0, 0.05) is 10.4 Å². The Balaban J connectivity index is 1.48. The molecule has 166 valence electrons. The molecule has 3 aromatic carbocycles. The first kappa shape index (κ1) is 23.0. The van der Waals surface area contributed by atoms with Gasteiger partial charge in [0.1, 0.15) is 0 Å². The molecule has 33 heavy (non-hydrogen) atoms. The Hall–Kier alpha value is -3.14. The van der Waals surface area contributed by atoms with Crippen LogP contribution >= 0.6 is 23.2 Å². The van der Waals surface area contributed by atoms with Crippen molar-refractivity contribution in [3.63, 3.8) is 0 Å². The smallest absolute Gasteiger partial charge is 0.335 e. The molecule has 0 saturated carbocycles. The third-order valence-corrected chi connectivity index (χ3v) is 6.39. The summed E-state index contributed by atoms with van der Waals surface area (Å²) >= 11 is 12.8. The molecule has 1 heterocycles. The predicted molar refractivity (Wildman–Crippen MR) is 137 cm³/mol. The summed E-state index contributed by atoms with van der Waals surface area (Å²) in [5.41, 5.74) is 5.89. The second-order valence-electron chi connectivity index (χ2n) is 7.99. The van der Waals surface area contributed by atoms with Gasteiger partial charge in [-0.25, -0.2) is 9.78 Å². The molecule has 0 bridgehead atoms. The molecule has 0 amide bonds. The van der Waals surface area contributed by atoms with Gasteiger partial charge in [-0.05, 0) is 72.4 Å². The Bertz CT molecular complexity index is 1350. The summed E-state index contributed by atoms with van der Waals surface area (Å²) in [6, 6.07) is 23.1. The van der Waals surface area contributed by atoms with Crippen molar-refractivity contribution in [3.05, 3.63) is 111 Å². The third-order valence-electron chi connectivity index (χ3n) is 5.68. The number of rotatable bonds is 7. The van der Waals surface area contributed by atoms with E-state index in [1.807, 2.05) is 73.7 Å². The molecule has 4 aromatic rings. The van der Waals surface area contributed by atoms with E-state index in [1.54, 1.807) is 12.1 Å². The number of fused-ring (bicyclic) bond motifs is 1. The van der Waals surface area contributed by atoms with Gasteiger partial charge in [0.2, 0.25) is 0 Å². The van der Waals surface area contributed by atoms with Crippen LogP contribution in [-0.4, -0.2) is 16.1 Å². The first-order valence-corrected chi connectivity index (χ1v) is 11.5. The second kappa shape index (κ2) is 10.2. The summed E-state index contributed by atoms with van der Waals surface area (Å²) in [5, 5.41) is 11.0. The maximum atomic E-state index is 11.6. The van der Waals surface area contributed by atoms with Crippen LogP contribution in [0.25, 0.3) is 23.1 Å². The highest BCUT2D eigenvalue weighted by molar-refractivity contribution is 6.31. The lowest BCUT2D eigenvalue weighted by molar-refractivity contribution is 0.0695. The minimum absolute atomic E-state index is 0.222. The number of pyridine rings is 1. The molecule has 0 aliphatic rings. The average Bonchev–Trinajstić information content (AvgIpc) is 2.81. The van der Waals surface area contributed by atoms with Crippen LogP contribution in [0.4, 0.5) is 0 Å². The van der Waals surface area contributed by atoms with Crippen LogP contribution in [0.3, 0.4) is 0 Å². The first-order chi connectivity index (χ1) is 15.9. The predicted octanol–water partition coefficient (Wildman–Crippen LogP) is 7.98. The Morgan fingerprint density at radius 2 is 1.82 bits per heavy atom. The molecule has 1 atom stereocenters. The fourth-order valence-corrected chi connectivity index (χ4v) is 4.32. The minimum Gasteiger partial charge on any atom is -0.478 e. The number of carboxylic acid groups (broad SMARTS) is 1. The lowest BCUT2D eigenvalue weighted by Gasteiger charge is -2.14. The lowest BCUT2D eigenvalue weighted by Crippen LogP contribution is -2.05. The van der Waals surface area contributed by atoms with Crippen molar-refractivity contribution < 1.29 is 9.90 Å². The van der Waals surface area contributed by atoms with Gasteiger partial charge in [0.25, 0.3) is 0 Å². The molecule has 1 unspecified atom stereocenters. The van der Waals surface area contributed by atoms with E-state index in [2.05, 4.69) is 11.1 Å². The standard InChI is InChI=1S/C28H23Cl2NO2/c1-18-4-2-7-25(28(32)33)24(18)14-15-26(30)21-6-3-5-19(16-21)8-12-23-13-10-20-9-11-22(29)17-27(20)31-23/h2-13,16-17,26H,14-15H2,1H3,(H,32,33). The molecular weight excluding hydrogens is 453 g/mol. The summed E-state index contributed by atoms with van der Waals surface area (Å²) in [5.74, 6) is -0.906. The summed E-state index contributed by atoms with van der Waals surface area (Å²) in [6.45, 7) is 1.94. The van der Waals surface area contributed by atoms with Gasteiger partial charge in [0.05, 0.1) is 22.2 Å². The minimum atomic E-state index is -0.906. The Kier molecular flexibility index (Phi) is 7.12. The SMILES string of the molecule is Cc1cccc(C(=O)O)c1CCC(Cl)c1cccc(C=Cc2ccc3ccc(Cl)cc3n2)c1. The van der Waals surface area contributed by atoms with Crippen LogP contribution in [-0.2, 0) is 6.42 Å². The topological polar surface area (TPSA) is 50.2 Å². The number of aromatic carboxylic acids is 1. The average molecular weight is 476 g/mol. The Morgan fingerprint density at radius 1 is 1.03 bits per heavy atom. The van der Waals surface area contributed by atoms with Crippen LogP contribution in [0.5, 0.6) is 0 Å². The number of nitrogens with zero attached hydrogens (tertiary/aromatic N) is 1. The Morgan fingerprint density at radius 3 is 2.64 bits per heavy atom. The van der Waals surface area contributed by atoms with E-state index in [0.717, 1.165) is 38.9 Å². The van der Waals surface area contributed by atoms with E-state index in [9.17, 15) is 9.90 Å². The van der Waals surface area contributed by atoms with Gasteiger partial charge in [-0.1, -0.05) is 66.2 Å². The fraction of sp³-hybridized carbons (Fsp3) is 0.143. The monoisotopic (exact) mass is 475 g/mol.